The van der Waals surface area contributed by atoms with Gasteiger partial charge in [-0.1, -0.05) is 42.5 Å². The van der Waals surface area contributed by atoms with Crippen molar-refractivity contribution in [3.63, 3.8) is 0 Å². The molecule has 2 aromatic carbocycles. The van der Waals surface area contributed by atoms with Crippen LogP contribution in [0.1, 0.15) is 49.8 Å². The lowest BCUT2D eigenvalue weighted by atomic mass is 10.0. The maximum absolute atomic E-state index is 13.4. The van der Waals surface area contributed by atoms with E-state index in [2.05, 4.69) is 0 Å². The molecule has 6 nitrogen and oxygen atoms in total. The molecule has 7 heteroatoms. The minimum atomic E-state index is -3.26. The number of carbonyl (C=O) groups is 1. The lowest BCUT2D eigenvalue weighted by Gasteiger charge is -2.48. The summed E-state index contributed by atoms with van der Waals surface area (Å²) in [6.45, 7) is 5.11. The third-order valence-electron chi connectivity index (χ3n) is 6.46. The largest absolute Gasteiger partial charge is 0.388 e. The average Bonchev–Trinajstić information content (AvgIpc) is 2.79. The number of likely N-dealkylation sites (N-methyl/N-ethyl adjacent to an activating group) is 1. The Morgan fingerprint density at radius 3 is 2.22 bits per heavy atom. The number of benzene rings is 2. The Morgan fingerprint density at radius 2 is 1.66 bits per heavy atom. The van der Waals surface area contributed by atoms with Crippen LogP contribution in [0.5, 0.6) is 0 Å². The lowest BCUT2D eigenvalue weighted by Crippen LogP contribution is -2.65. The van der Waals surface area contributed by atoms with Gasteiger partial charge in [-0.05, 0) is 49.4 Å². The molecule has 1 saturated heterocycles. The molecule has 1 heterocycles. The number of aliphatic hydroxyl groups excluding tert-OH is 1. The van der Waals surface area contributed by atoms with Gasteiger partial charge in [0, 0.05) is 12.7 Å². The van der Waals surface area contributed by atoms with E-state index in [0.29, 0.717) is 24.1 Å². The number of hydrogen-bond donors (Lipinski definition) is 1. The van der Waals surface area contributed by atoms with E-state index < -0.39 is 15.9 Å². The molecule has 0 aliphatic carbocycles. The molecule has 0 aromatic heterocycles. The van der Waals surface area contributed by atoms with Crippen molar-refractivity contribution in [2.75, 3.05) is 32.4 Å². The monoisotopic (exact) mass is 459 g/mol. The van der Waals surface area contributed by atoms with Gasteiger partial charge in [0.15, 0.2) is 9.84 Å². The number of rotatable bonds is 9. The number of aliphatic hydroxyl groups is 1. The molecule has 0 bridgehead atoms. The Labute approximate surface area is 192 Å². The molecule has 1 unspecified atom stereocenters. The van der Waals surface area contributed by atoms with Crippen molar-refractivity contribution in [1.82, 2.24) is 5.01 Å². The summed E-state index contributed by atoms with van der Waals surface area (Å²) in [5, 5.41) is 12.7. The summed E-state index contributed by atoms with van der Waals surface area (Å²) >= 11 is 0. The molecule has 1 amide bonds. The van der Waals surface area contributed by atoms with Crippen molar-refractivity contribution in [2.24, 2.45) is 0 Å². The number of nitrogens with zero attached hydrogens (tertiary/aromatic N) is 2. The van der Waals surface area contributed by atoms with Gasteiger partial charge in [-0.3, -0.25) is 4.79 Å². The first-order valence-corrected chi connectivity index (χ1v) is 13.3. The zero-order valence-electron chi connectivity index (χ0n) is 19.1. The van der Waals surface area contributed by atoms with Gasteiger partial charge in [-0.2, -0.15) is 5.01 Å². The number of sulfone groups is 1. The predicted molar refractivity (Wildman–Crippen MR) is 125 cm³/mol. The second kappa shape index (κ2) is 10.6. The average molecular weight is 460 g/mol. The highest BCUT2D eigenvalue weighted by molar-refractivity contribution is 7.90. The minimum Gasteiger partial charge on any atom is -0.388 e. The fourth-order valence-electron chi connectivity index (χ4n) is 4.72. The summed E-state index contributed by atoms with van der Waals surface area (Å²) in [5.74, 6) is 0.0377. The molecule has 0 spiro atoms. The number of piperidine rings is 1. The smallest absolute Gasteiger partial charge is 0.272 e. The summed E-state index contributed by atoms with van der Waals surface area (Å²) in [6.07, 6.45) is 4.75. The molecule has 32 heavy (non-hydrogen) atoms. The molecule has 0 saturated carbocycles. The van der Waals surface area contributed by atoms with Gasteiger partial charge < -0.3 is 5.11 Å². The van der Waals surface area contributed by atoms with Gasteiger partial charge in [-0.25, -0.2) is 13.0 Å². The zero-order chi connectivity index (χ0) is 23.2. The van der Waals surface area contributed by atoms with Crippen LogP contribution in [-0.2, 0) is 21.1 Å². The summed E-state index contributed by atoms with van der Waals surface area (Å²) in [7, 11) is -3.26. The Hall–Kier alpha value is -2.22. The normalized spacial score (nSPS) is 17.0. The van der Waals surface area contributed by atoms with Crippen molar-refractivity contribution in [3.05, 3.63) is 65.7 Å². The first kappa shape index (κ1) is 24.4. The molecular weight excluding hydrogens is 424 g/mol. The van der Waals surface area contributed by atoms with E-state index in [9.17, 15) is 18.3 Å². The van der Waals surface area contributed by atoms with Gasteiger partial charge in [0.1, 0.15) is 19.6 Å². The topological polar surface area (TPSA) is 74.7 Å². The number of likely N-dealkylation sites (tertiary alicyclic amines) is 1. The second-order valence-electron chi connectivity index (χ2n) is 8.74. The third-order valence-corrected chi connectivity index (χ3v) is 7.59. The van der Waals surface area contributed by atoms with E-state index >= 15 is 0 Å². The minimum absolute atomic E-state index is 0.0377. The van der Waals surface area contributed by atoms with Crippen LogP contribution in [0.3, 0.4) is 0 Å². The van der Waals surface area contributed by atoms with Gasteiger partial charge in [-0.15, -0.1) is 0 Å². The first-order chi connectivity index (χ1) is 15.2. The molecule has 1 aliphatic heterocycles. The van der Waals surface area contributed by atoms with Crippen molar-refractivity contribution < 1.29 is 22.9 Å². The Kier molecular flexibility index (Phi) is 8.09. The van der Waals surface area contributed by atoms with E-state index in [1.807, 2.05) is 42.3 Å². The Bertz CT molecular complexity index is 984. The van der Waals surface area contributed by atoms with Crippen LogP contribution in [0, 0.1) is 0 Å². The van der Waals surface area contributed by atoms with Gasteiger partial charge in [0.25, 0.3) is 5.91 Å². The zero-order valence-corrected chi connectivity index (χ0v) is 19.9. The highest BCUT2D eigenvalue weighted by atomic mass is 32.2. The standard InChI is InChI=1S/C25H35N2O4S/c1-3-26(25(29)20-21-12-14-23(15-13-21)32(2,30)31)27(17-8-5-9-18-27)19-16-24(28)22-10-6-4-7-11-22/h4,6-7,10-15,24,28H,3,5,8-9,16-20H2,1-2H3/q+1. The highest BCUT2D eigenvalue weighted by Crippen LogP contribution is 2.27. The fourth-order valence-corrected chi connectivity index (χ4v) is 5.35. The molecule has 0 radical (unpaired) electrons. The molecule has 174 valence electrons. The molecule has 1 atom stereocenters. The maximum Gasteiger partial charge on any atom is 0.272 e. The van der Waals surface area contributed by atoms with Gasteiger partial charge in [0.05, 0.1) is 24.0 Å². The summed E-state index contributed by atoms with van der Waals surface area (Å²) < 4.78 is 24.0. The van der Waals surface area contributed by atoms with Crippen molar-refractivity contribution in [2.45, 2.75) is 50.0 Å². The molecule has 1 fully saturated rings. The van der Waals surface area contributed by atoms with Crippen LogP contribution in [0.25, 0.3) is 0 Å². The van der Waals surface area contributed by atoms with E-state index in [4.69, 9.17) is 0 Å². The maximum atomic E-state index is 13.4. The van der Waals surface area contributed by atoms with Crippen LogP contribution in [0.2, 0.25) is 0 Å². The molecule has 1 N–H and O–H groups in total. The SMILES string of the molecule is CCN(C(=O)Cc1ccc(S(C)(=O)=O)cc1)[N+]1(CCC(O)c2ccccc2)CCCCC1. The number of hydrogen-bond acceptors (Lipinski definition) is 4. The van der Waals surface area contributed by atoms with Crippen molar-refractivity contribution in [3.8, 4) is 0 Å². The van der Waals surface area contributed by atoms with Crippen LogP contribution >= 0.6 is 0 Å². The van der Waals surface area contributed by atoms with Crippen LogP contribution in [0.15, 0.2) is 59.5 Å². The highest BCUT2D eigenvalue weighted by Gasteiger charge is 2.39. The molecule has 1 aliphatic rings. The Balaban J connectivity index is 1.74. The quantitative estimate of drug-likeness (QED) is 0.582. The van der Waals surface area contributed by atoms with Crippen molar-refractivity contribution >= 4 is 15.7 Å². The van der Waals surface area contributed by atoms with Gasteiger partial charge >= 0.3 is 0 Å². The van der Waals surface area contributed by atoms with Crippen LogP contribution in [0.4, 0.5) is 0 Å². The summed E-state index contributed by atoms with van der Waals surface area (Å²) in [4.78, 5) is 13.6. The lowest BCUT2D eigenvalue weighted by molar-refractivity contribution is -1.03. The fraction of sp³-hybridized carbons (Fsp3) is 0.480. The molecular formula is C25H35N2O4S+. The van der Waals surface area contributed by atoms with E-state index in [1.54, 1.807) is 24.3 Å². The van der Waals surface area contributed by atoms with E-state index in [1.165, 1.54) is 12.7 Å². The molecule has 2 aromatic rings. The van der Waals surface area contributed by atoms with Crippen molar-refractivity contribution in [1.29, 1.82) is 0 Å². The number of carbonyl (C=O) groups excluding carboxylic acids is 1. The first-order valence-electron chi connectivity index (χ1n) is 11.4. The number of amides is 1. The number of quaternary nitrogens is 1. The van der Waals surface area contributed by atoms with Crippen LogP contribution < -0.4 is 0 Å². The third kappa shape index (κ3) is 5.97. The summed E-state index contributed by atoms with van der Waals surface area (Å²) in [6, 6.07) is 16.3. The predicted octanol–water partition coefficient (Wildman–Crippen LogP) is 3.52. The van der Waals surface area contributed by atoms with Gasteiger partial charge in [0.2, 0.25) is 0 Å². The molecule has 3 rings (SSSR count). The second-order valence-corrected chi connectivity index (χ2v) is 10.8. The Morgan fingerprint density at radius 1 is 1.03 bits per heavy atom. The van der Waals surface area contributed by atoms with Crippen LogP contribution in [-0.4, -0.2) is 61.5 Å². The summed E-state index contributed by atoms with van der Waals surface area (Å²) in [5.41, 5.74) is 1.71. The van der Waals surface area contributed by atoms with E-state index in [0.717, 1.165) is 37.1 Å². The van der Waals surface area contributed by atoms with E-state index in [-0.39, 0.29) is 17.2 Å².